The van der Waals surface area contributed by atoms with Crippen LogP contribution in [0.3, 0.4) is 0 Å². The average molecular weight is 243 g/mol. The predicted octanol–water partition coefficient (Wildman–Crippen LogP) is 1.74. The molecule has 0 aliphatic carbocycles. The van der Waals surface area contributed by atoms with E-state index in [1.54, 1.807) is 4.68 Å². The van der Waals surface area contributed by atoms with Gasteiger partial charge in [-0.2, -0.15) is 5.10 Å². The summed E-state index contributed by atoms with van der Waals surface area (Å²) >= 11 is 0. The van der Waals surface area contributed by atoms with Crippen molar-refractivity contribution < 1.29 is 0 Å². The van der Waals surface area contributed by atoms with Crippen molar-refractivity contribution in [1.82, 2.24) is 14.3 Å². The second-order valence-electron chi connectivity index (χ2n) is 4.89. The second-order valence-corrected chi connectivity index (χ2v) is 4.89. The Bertz CT molecular complexity index is 624. The van der Waals surface area contributed by atoms with E-state index in [4.69, 9.17) is 0 Å². The van der Waals surface area contributed by atoms with Gasteiger partial charge in [0.2, 0.25) is 0 Å². The van der Waals surface area contributed by atoms with Gasteiger partial charge in [-0.25, -0.2) is 9.48 Å². The first-order valence-corrected chi connectivity index (χ1v) is 6.47. The molecule has 2 aromatic rings. The lowest BCUT2D eigenvalue weighted by molar-refractivity contribution is 0.511. The first kappa shape index (κ1) is 11.3. The highest BCUT2D eigenvalue weighted by molar-refractivity contribution is 5.25. The Morgan fingerprint density at radius 2 is 2.11 bits per heavy atom. The highest BCUT2D eigenvalue weighted by Crippen LogP contribution is 2.11. The number of hydrogen-bond donors (Lipinski definition) is 0. The maximum atomic E-state index is 12.2. The van der Waals surface area contributed by atoms with Gasteiger partial charge in [-0.15, -0.1) is 0 Å². The summed E-state index contributed by atoms with van der Waals surface area (Å²) in [5, 5.41) is 4.45. The summed E-state index contributed by atoms with van der Waals surface area (Å²) in [6.07, 6.45) is 3.15. The van der Waals surface area contributed by atoms with E-state index in [-0.39, 0.29) is 5.69 Å². The first-order chi connectivity index (χ1) is 8.75. The zero-order valence-electron chi connectivity index (χ0n) is 10.6. The van der Waals surface area contributed by atoms with E-state index in [2.05, 4.69) is 24.2 Å². The van der Waals surface area contributed by atoms with E-state index in [1.807, 2.05) is 16.7 Å². The van der Waals surface area contributed by atoms with E-state index in [9.17, 15) is 4.79 Å². The zero-order chi connectivity index (χ0) is 12.5. The molecule has 4 nitrogen and oxygen atoms in total. The van der Waals surface area contributed by atoms with Crippen molar-refractivity contribution in [3.63, 3.8) is 0 Å². The standard InChI is InChI=1S/C14H17N3O/c1-11-6-2-3-7-12(11)10-17-14(18)16-9-5-4-8-13(16)15-17/h2-3,6-7H,4-5,8-10H2,1H3. The molecule has 0 unspecified atom stereocenters. The third-order valence-electron chi connectivity index (χ3n) is 3.61. The minimum atomic E-state index is 0.0351. The Labute approximate surface area is 106 Å². The lowest BCUT2D eigenvalue weighted by Crippen LogP contribution is -2.27. The van der Waals surface area contributed by atoms with Crippen LogP contribution in [-0.2, 0) is 19.5 Å². The van der Waals surface area contributed by atoms with Gasteiger partial charge in [-0.05, 0) is 30.9 Å². The van der Waals surface area contributed by atoms with Gasteiger partial charge in [-0.1, -0.05) is 24.3 Å². The van der Waals surface area contributed by atoms with Crippen LogP contribution in [0.1, 0.15) is 29.8 Å². The molecule has 18 heavy (non-hydrogen) atoms. The van der Waals surface area contributed by atoms with Crippen molar-refractivity contribution in [3.8, 4) is 0 Å². The molecule has 0 saturated heterocycles. The van der Waals surface area contributed by atoms with Crippen LogP contribution in [0.4, 0.5) is 0 Å². The van der Waals surface area contributed by atoms with Gasteiger partial charge in [0.15, 0.2) is 0 Å². The fraction of sp³-hybridized carbons (Fsp3) is 0.429. The minimum Gasteiger partial charge on any atom is -0.279 e. The summed E-state index contributed by atoms with van der Waals surface area (Å²) in [5.41, 5.74) is 2.40. The van der Waals surface area contributed by atoms with Crippen LogP contribution < -0.4 is 5.69 Å². The van der Waals surface area contributed by atoms with Crippen molar-refractivity contribution in [1.29, 1.82) is 0 Å². The maximum absolute atomic E-state index is 12.2. The van der Waals surface area contributed by atoms with Crippen LogP contribution >= 0.6 is 0 Å². The lowest BCUT2D eigenvalue weighted by Gasteiger charge is -2.09. The van der Waals surface area contributed by atoms with Crippen LogP contribution in [-0.4, -0.2) is 14.3 Å². The average Bonchev–Trinajstić information content (AvgIpc) is 2.70. The van der Waals surface area contributed by atoms with E-state index in [1.165, 1.54) is 5.56 Å². The van der Waals surface area contributed by atoms with Crippen LogP contribution in [0, 0.1) is 6.92 Å². The Kier molecular flexibility index (Phi) is 2.78. The number of aryl methyl sites for hydroxylation is 2. The molecule has 0 atom stereocenters. The molecule has 1 aromatic heterocycles. The van der Waals surface area contributed by atoms with Crippen molar-refractivity contribution >= 4 is 0 Å². The second kappa shape index (κ2) is 4.44. The summed E-state index contributed by atoms with van der Waals surface area (Å²) in [5.74, 6) is 0.944. The van der Waals surface area contributed by atoms with Crippen LogP contribution in [0.25, 0.3) is 0 Å². The number of benzene rings is 1. The van der Waals surface area contributed by atoms with Crippen LogP contribution in [0.5, 0.6) is 0 Å². The smallest absolute Gasteiger partial charge is 0.279 e. The van der Waals surface area contributed by atoms with E-state index < -0.39 is 0 Å². The van der Waals surface area contributed by atoms with Crippen molar-refractivity contribution in [2.24, 2.45) is 0 Å². The van der Waals surface area contributed by atoms with Gasteiger partial charge < -0.3 is 0 Å². The molecule has 1 aliphatic rings. The van der Waals surface area contributed by atoms with Crippen LogP contribution in [0.15, 0.2) is 29.1 Å². The maximum Gasteiger partial charge on any atom is 0.346 e. The lowest BCUT2D eigenvalue weighted by atomic mass is 10.1. The molecule has 0 saturated carbocycles. The molecule has 0 bridgehead atoms. The summed E-state index contributed by atoms with van der Waals surface area (Å²) in [4.78, 5) is 12.2. The van der Waals surface area contributed by atoms with E-state index in [0.717, 1.165) is 37.2 Å². The van der Waals surface area contributed by atoms with Gasteiger partial charge in [0.05, 0.1) is 6.54 Å². The van der Waals surface area contributed by atoms with Gasteiger partial charge in [0.25, 0.3) is 0 Å². The number of hydrogen-bond acceptors (Lipinski definition) is 2. The molecule has 0 fully saturated rings. The fourth-order valence-electron chi connectivity index (χ4n) is 2.50. The number of rotatable bonds is 2. The molecule has 3 rings (SSSR count). The third-order valence-corrected chi connectivity index (χ3v) is 3.61. The van der Waals surface area contributed by atoms with Gasteiger partial charge in [-0.3, -0.25) is 4.57 Å². The SMILES string of the molecule is Cc1ccccc1Cn1nc2n(c1=O)CCCC2. The Hall–Kier alpha value is -1.84. The molecule has 0 N–H and O–H groups in total. The molecule has 1 aromatic carbocycles. The molecular weight excluding hydrogens is 226 g/mol. The Morgan fingerprint density at radius 3 is 2.89 bits per heavy atom. The summed E-state index contributed by atoms with van der Waals surface area (Å²) in [6.45, 7) is 3.46. The zero-order valence-corrected chi connectivity index (χ0v) is 10.6. The topological polar surface area (TPSA) is 39.8 Å². The Balaban J connectivity index is 1.97. The van der Waals surface area contributed by atoms with E-state index >= 15 is 0 Å². The van der Waals surface area contributed by atoms with Crippen molar-refractivity contribution in [2.75, 3.05) is 0 Å². The number of aromatic nitrogens is 3. The molecule has 0 amide bonds. The van der Waals surface area contributed by atoms with Crippen molar-refractivity contribution in [2.45, 2.75) is 39.3 Å². The summed E-state index contributed by atoms with van der Waals surface area (Å²) in [6, 6.07) is 8.14. The molecule has 1 aliphatic heterocycles. The molecule has 4 heteroatoms. The first-order valence-electron chi connectivity index (χ1n) is 6.47. The quantitative estimate of drug-likeness (QED) is 0.806. The van der Waals surface area contributed by atoms with E-state index in [0.29, 0.717) is 6.54 Å². The van der Waals surface area contributed by atoms with Gasteiger partial charge in [0.1, 0.15) is 5.82 Å². The summed E-state index contributed by atoms with van der Waals surface area (Å²) in [7, 11) is 0. The Morgan fingerprint density at radius 1 is 1.28 bits per heavy atom. The fourth-order valence-corrected chi connectivity index (χ4v) is 2.50. The molecular formula is C14H17N3O. The summed E-state index contributed by atoms with van der Waals surface area (Å²) < 4.78 is 3.42. The largest absolute Gasteiger partial charge is 0.346 e. The number of nitrogens with zero attached hydrogens (tertiary/aromatic N) is 3. The third kappa shape index (κ3) is 1.88. The van der Waals surface area contributed by atoms with Crippen LogP contribution in [0.2, 0.25) is 0 Å². The van der Waals surface area contributed by atoms with Gasteiger partial charge >= 0.3 is 5.69 Å². The molecule has 2 heterocycles. The molecule has 0 spiro atoms. The predicted molar refractivity (Wildman–Crippen MR) is 69.7 cm³/mol. The number of fused-ring (bicyclic) bond motifs is 1. The minimum absolute atomic E-state index is 0.0351. The molecule has 0 radical (unpaired) electrons. The normalized spacial score (nSPS) is 14.5. The molecule has 94 valence electrons. The van der Waals surface area contributed by atoms with Crippen molar-refractivity contribution in [3.05, 3.63) is 51.7 Å². The highest BCUT2D eigenvalue weighted by Gasteiger charge is 2.16. The van der Waals surface area contributed by atoms with Gasteiger partial charge in [0, 0.05) is 13.0 Å². The monoisotopic (exact) mass is 243 g/mol. The highest BCUT2D eigenvalue weighted by atomic mass is 16.2.